The number of aliphatic hydroxyl groups is 1. The van der Waals surface area contributed by atoms with Crippen molar-refractivity contribution in [3.05, 3.63) is 60.7 Å². The van der Waals surface area contributed by atoms with Crippen molar-refractivity contribution in [1.82, 2.24) is 4.98 Å². The monoisotopic (exact) mass is 428 g/mol. The molecule has 0 amide bonds. The molecule has 1 N–H and O–H groups in total. The Balaban J connectivity index is 1.73. The van der Waals surface area contributed by atoms with E-state index in [9.17, 15) is 5.11 Å². The van der Waals surface area contributed by atoms with Crippen LogP contribution in [-0.2, 0) is 4.65 Å². The summed E-state index contributed by atoms with van der Waals surface area (Å²) in [6, 6.07) is 20.3. The van der Waals surface area contributed by atoms with Gasteiger partial charge in [0, 0.05) is 21.8 Å². The molecule has 0 spiro atoms. The molecule has 1 radical (unpaired) electrons. The van der Waals surface area contributed by atoms with Crippen LogP contribution in [0.15, 0.2) is 65.1 Å². The molecule has 0 aliphatic heterocycles. The lowest BCUT2D eigenvalue weighted by atomic mass is 9.81. The quantitative estimate of drug-likeness (QED) is 0.367. The Morgan fingerprint density at radius 1 is 0.968 bits per heavy atom. The SMILES string of the molecule is CC(C)(O)C(C)(C)O[B]c1c2oc3ccccc3c2cc2nc(-c3ccccc3)sc12. The van der Waals surface area contributed by atoms with E-state index in [1.165, 1.54) is 0 Å². The molecule has 0 unspecified atom stereocenters. The maximum absolute atomic E-state index is 10.5. The predicted molar refractivity (Wildman–Crippen MR) is 129 cm³/mol. The molecule has 0 bridgehead atoms. The first-order chi connectivity index (χ1) is 14.7. The highest BCUT2D eigenvalue weighted by Gasteiger charge is 2.36. The number of hydrogen-bond donors (Lipinski definition) is 1. The number of aromatic nitrogens is 1. The summed E-state index contributed by atoms with van der Waals surface area (Å²) in [5, 5.41) is 13.5. The highest BCUT2D eigenvalue weighted by atomic mass is 32.1. The lowest BCUT2D eigenvalue weighted by Crippen LogP contribution is -2.49. The molecule has 6 heteroatoms. The number of hydrogen-bond acceptors (Lipinski definition) is 5. The molecule has 0 aliphatic carbocycles. The lowest BCUT2D eigenvalue weighted by molar-refractivity contribution is -0.0892. The van der Waals surface area contributed by atoms with Crippen molar-refractivity contribution in [3.63, 3.8) is 0 Å². The highest BCUT2D eigenvalue weighted by molar-refractivity contribution is 7.23. The molecular weight excluding hydrogens is 405 g/mol. The molecule has 0 saturated carbocycles. The Morgan fingerprint density at radius 3 is 2.42 bits per heavy atom. The molecule has 4 nitrogen and oxygen atoms in total. The summed E-state index contributed by atoms with van der Waals surface area (Å²) in [4.78, 5) is 4.93. The van der Waals surface area contributed by atoms with Crippen LogP contribution in [0.2, 0.25) is 0 Å². The van der Waals surface area contributed by atoms with Gasteiger partial charge in [0.1, 0.15) is 16.2 Å². The van der Waals surface area contributed by atoms with E-state index >= 15 is 0 Å². The van der Waals surface area contributed by atoms with Gasteiger partial charge in [-0.05, 0) is 39.8 Å². The maximum atomic E-state index is 10.5. The number of thiazole rings is 1. The van der Waals surface area contributed by atoms with E-state index < -0.39 is 11.2 Å². The fourth-order valence-electron chi connectivity index (χ4n) is 3.43. The number of fused-ring (bicyclic) bond motifs is 4. The second-order valence-corrected chi connectivity index (χ2v) is 9.80. The van der Waals surface area contributed by atoms with Crippen molar-refractivity contribution < 1.29 is 14.2 Å². The van der Waals surface area contributed by atoms with Gasteiger partial charge in [-0.2, -0.15) is 0 Å². The summed E-state index contributed by atoms with van der Waals surface area (Å²) in [6.07, 6.45) is 0. The van der Waals surface area contributed by atoms with Gasteiger partial charge in [-0.25, -0.2) is 4.98 Å². The summed E-state index contributed by atoms with van der Waals surface area (Å²) in [7, 11) is 1.72. The van der Waals surface area contributed by atoms with E-state index in [1.54, 1.807) is 32.7 Å². The standard InChI is InChI=1S/C25H23BNO3S/c1-24(2,28)25(3,4)30-26-20-21-17(16-12-8-9-13-19(16)29-21)14-18-22(20)31-23(27-18)15-10-6-5-7-11-15/h5-14,28H,1-4H3. The number of benzene rings is 3. The molecular formula is C25H23BNO3S. The van der Waals surface area contributed by atoms with Crippen LogP contribution < -0.4 is 5.46 Å². The number of furan rings is 1. The van der Waals surface area contributed by atoms with Gasteiger partial charge < -0.3 is 14.2 Å². The minimum Gasteiger partial charge on any atom is -0.456 e. The Hall–Kier alpha value is -2.67. The summed E-state index contributed by atoms with van der Waals surface area (Å²) in [6.45, 7) is 7.25. The smallest absolute Gasteiger partial charge is 0.336 e. The minimum atomic E-state index is -1.02. The first kappa shape index (κ1) is 20.2. The minimum absolute atomic E-state index is 0.767. The molecule has 0 fully saturated rings. The van der Waals surface area contributed by atoms with Crippen LogP contribution in [0.3, 0.4) is 0 Å². The predicted octanol–water partition coefficient (Wildman–Crippen LogP) is 5.67. The van der Waals surface area contributed by atoms with Gasteiger partial charge >= 0.3 is 7.48 Å². The second-order valence-electron chi connectivity index (χ2n) is 8.80. The van der Waals surface area contributed by atoms with E-state index in [0.717, 1.165) is 48.2 Å². The molecule has 31 heavy (non-hydrogen) atoms. The average molecular weight is 428 g/mol. The van der Waals surface area contributed by atoms with Crippen LogP contribution in [0, 0.1) is 0 Å². The zero-order valence-electron chi connectivity index (χ0n) is 18.0. The van der Waals surface area contributed by atoms with Gasteiger partial charge in [0.15, 0.2) is 0 Å². The van der Waals surface area contributed by atoms with Gasteiger partial charge in [0.2, 0.25) is 0 Å². The van der Waals surface area contributed by atoms with E-state index in [1.807, 2.05) is 50.2 Å². The number of nitrogens with zero attached hydrogens (tertiary/aromatic N) is 1. The molecule has 5 rings (SSSR count). The third-order valence-corrected chi connectivity index (χ3v) is 7.18. The summed E-state index contributed by atoms with van der Waals surface area (Å²) < 4.78 is 13.4. The Labute approximate surface area is 185 Å². The topological polar surface area (TPSA) is 55.5 Å². The van der Waals surface area contributed by atoms with Crippen molar-refractivity contribution in [1.29, 1.82) is 0 Å². The maximum Gasteiger partial charge on any atom is 0.336 e. The van der Waals surface area contributed by atoms with Gasteiger partial charge in [-0.1, -0.05) is 48.5 Å². The van der Waals surface area contributed by atoms with Crippen molar-refractivity contribution >= 4 is 56.4 Å². The Bertz CT molecular complexity index is 1400. The summed E-state index contributed by atoms with van der Waals surface area (Å²) in [5.74, 6) is 0. The zero-order valence-corrected chi connectivity index (χ0v) is 18.8. The molecule has 3 aromatic carbocycles. The molecule has 0 aliphatic rings. The summed E-state index contributed by atoms with van der Waals surface area (Å²) >= 11 is 1.61. The van der Waals surface area contributed by atoms with Crippen molar-refractivity contribution in [3.8, 4) is 10.6 Å². The molecule has 155 valence electrons. The van der Waals surface area contributed by atoms with Crippen LogP contribution in [0.5, 0.6) is 0 Å². The fraction of sp³-hybridized carbons (Fsp3) is 0.240. The fourth-order valence-corrected chi connectivity index (χ4v) is 4.48. The molecule has 0 atom stereocenters. The molecule has 2 aromatic heterocycles. The van der Waals surface area contributed by atoms with Crippen LogP contribution in [0.1, 0.15) is 27.7 Å². The van der Waals surface area contributed by atoms with Crippen LogP contribution in [0.4, 0.5) is 0 Å². The normalized spacial score (nSPS) is 12.8. The van der Waals surface area contributed by atoms with Gasteiger partial charge in [-0.3, -0.25) is 0 Å². The molecule has 2 heterocycles. The van der Waals surface area contributed by atoms with E-state index in [-0.39, 0.29) is 0 Å². The van der Waals surface area contributed by atoms with Crippen molar-refractivity contribution in [2.24, 2.45) is 0 Å². The average Bonchev–Trinajstić information content (AvgIpc) is 3.32. The van der Waals surface area contributed by atoms with Gasteiger partial charge in [0.25, 0.3) is 0 Å². The first-order valence-corrected chi connectivity index (χ1v) is 11.1. The molecule has 5 aromatic rings. The van der Waals surface area contributed by atoms with E-state index in [2.05, 4.69) is 24.3 Å². The van der Waals surface area contributed by atoms with Crippen molar-refractivity contribution in [2.75, 3.05) is 0 Å². The Kier molecular flexibility index (Phi) is 4.70. The van der Waals surface area contributed by atoms with Crippen LogP contribution in [0.25, 0.3) is 42.7 Å². The van der Waals surface area contributed by atoms with Crippen molar-refractivity contribution in [2.45, 2.75) is 38.9 Å². The third kappa shape index (κ3) is 3.45. The van der Waals surface area contributed by atoms with E-state index in [0.29, 0.717) is 0 Å². The highest BCUT2D eigenvalue weighted by Crippen LogP contribution is 2.36. The van der Waals surface area contributed by atoms with Gasteiger partial charge in [-0.15, -0.1) is 11.3 Å². The first-order valence-electron chi connectivity index (χ1n) is 10.3. The third-order valence-electron chi connectivity index (χ3n) is 6.02. The number of rotatable bonds is 5. The Morgan fingerprint density at radius 2 is 1.68 bits per heavy atom. The van der Waals surface area contributed by atoms with Crippen LogP contribution in [-0.4, -0.2) is 28.8 Å². The van der Waals surface area contributed by atoms with Crippen LogP contribution >= 0.6 is 11.3 Å². The largest absolute Gasteiger partial charge is 0.456 e. The second kappa shape index (κ2) is 7.19. The molecule has 0 saturated heterocycles. The summed E-state index contributed by atoms with van der Waals surface area (Å²) in [5.41, 5.74) is 2.61. The lowest BCUT2D eigenvalue weighted by Gasteiger charge is -2.37. The van der Waals surface area contributed by atoms with E-state index in [4.69, 9.17) is 14.1 Å². The zero-order chi connectivity index (χ0) is 21.8. The van der Waals surface area contributed by atoms with Gasteiger partial charge in [0.05, 0.1) is 21.4 Å². The number of para-hydroxylation sites is 1.